The smallest absolute Gasteiger partial charge is 0.0851 e. The van der Waals surface area contributed by atoms with E-state index in [-0.39, 0.29) is 6.15 Å². The van der Waals surface area contributed by atoms with Crippen molar-refractivity contribution in [1.82, 2.24) is 11.1 Å². The molecule has 0 aromatic carbocycles. The molecule has 0 bridgehead atoms. The molecule has 0 atom stereocenters. The first-order chi connectivity index (χ1) is 11.4. The van der Waals surface area contributed by atoms with Crippen molar-refractivity contribution in [2.24, 2.45) is 4.99 Å². The third kappa shape index (κ3) is 15.0. The molecule has 0 saturated carbocycles. The van der Waals surface area contributed by atoms with Gasteiger partial charge in [-0.15, -0.1) is 0 Å². The van der Waals surface area contributed by atoms with E-state index in [9.17, 15) is 0 Å². The van der Waals surface area contributed by atoms with Gasteiger partial charge in [0.1, 0.15) is 0 Å². The molecule has 0 radical (unpaired) electrons. The summed E-state index contributed by atoms with van der Waals surface area (Å²) in [6, 6.07) is 0. The lowest BCUT2D eigenvalue weighted by Gasteiger charge is -2.12. The van der Waals surface area contributed by atoms with E-state index in [1.807, 2.05) is 6.34 Å². The fourth-order valence-corrected chi connectivity index (χ4v) is 3.45. The van der Waals surface area contributed by atoms with Crippen LogP contribution in [0.25, 0.3) is 0 Å². The monoisotopic (exact) mass is 339 g/mol. The van der Waals surface area contributed by atoms with E-state index in [0.717, 1.165) is 13.1 Å². The van der Waals surface area contributed by atoms with Crippen molar-refractivity contribution < 1.29 is 0 Å². The maximum Gasteiger partial charge on any atom is 0.0851 e. The molecular weight excluding hydrogens is 294 g/mol. The maximum atomic E-state index is 4.26. The molecule has 144 valence electrons. The summed E-state index contributed by atoms with van der Waals surface area (Å²) in [6.45, 7) is 5.68. The number of hydrogen-bond donors (Lipinski definition) is 1. The van der Waals surface area contributed by atoms with Gasteiger partial charge in [0.05, 0.1) is 12.9 Å². The Morgan fingerprint density at radius 3 is 1.46 bits per heavy atom. The molecule has 1 aliphatic rings. The topological polar surface area (TPSA) is 50.6 Å². The first kappa shape index (κ1) is 23.4. The molecule has 1 rings (SSSR count). The van der Waals surface area contributed by atoms with Crippen molar-refractivity contribution in [2.45, 2.75) is 110 Å². The van der Waals surface area contributed by atoms with Gasteiger partial charge in [-0.3, -0.25) is 4.99 Å². The highest BCUT2D eigenvalue weighted by molar-refractivity contribution is 5.56. The molecule has 24 heavy (non-hydrogen) atoms. The molecule has 3 nitrogen and oxygen atoms in total. The quantitative estimate of drug-likeness (QED) is 0.298. The molecule has 0 aliphatic carbocycles. The molecule has 0 fully saturated rings. The Kier molecular flexibility index (Phi) is 18.3. The van der Waals surface area contributed by atoms with E-state index in [4.69, 9.17) is 0 Å². The summed E-state index contributed by atoms with van der Waals surface area (Å²) in [4.78, 5) is 6.62. The molecule has 3 N–H and O–H groups in total. The highest BCUT2D eigenvalue weighted by atomic mass is 15.2. The van der Waals surface area contributed by atoms with Crippen LogP contribution in [-0.4, -0.2) is 30.9 Å². The predicted molar refractivity (Wildman–Crippen MR) is 110 cm³/mol. The zero-order valence-electron chi connectivity index (χ0n) is 16.6. The van der Waals surface area contributed by atoms with E-state index >= 15 is 0 Å². The summed E-state index contributed by atoms with van der Waals surface area (Å²) in [7, 11) is 0. The van der Waals surface area contributed by atoms with Gasteiger partial charge in [0.25, 0.3) is 0 Å². The van der Waals surface area contributed by atoms with Crippen molar-refractivity contribution in [3.05, 3.63) is 0 Å². The van der Waals surface area contributed by atoms with E-state index < -0.39 is 0 Å². The second kappa shape index (κ2) is 18.8. The van der Waals surface area contributed by atoms with Gasteiger partial charge in [0.2, 0.25) is 0 Å². The Bertz CT molecular complexity index is 266. The first-order valence-corrected chi connectivity index (χ1v) is 10.7. The van der Waals surface area contributed by atoms with Crippen LogP contribution in [0.5, 0.6) is 0 Å². The van der Waals surface area contributed by atoms with Crippen LogP contribution < -0.4 is 6.15 Å². The summed E-state index contributed by atoms with van der Waals surface area (Å²) in [6.07, 6.45) is 25.2. The van der Waals surface area contributed by atoms with E-state index in [1.54, 1.807) is 0 Å². The number of rotatable bonds is 17. The van der Waals surface area contributed by atoms with Gasteiger partial charge in [-0.25, -0.2) is 0 Å². The lowest BCUT2D eigenvalue weighted by molar-refractivity contribution is 0.438. The van der Waals surface area contributed by atoms with Crippen molar-refractivity contribution in [3.63, 3.8) is 0 Å². The van der Waals surface area contributed by atoms with Crippen molar-refractivity contribution in [1.29, 1.82) is 0 Å². The summed E-state index contributed by atoms with van der Waals surface area (Å²) in [5.41, 5.74) is 0. The van der Waals surface area contributed by atoms with Gasteiger partial charge in [-0.1, -0.05) is 103 Å². The van der Waals surface area contributed by atoms with Crippen LogP contribution >= 0.6 is 0 Å². The number of unbranched alkanes of at least 4 members (excludes halogenated alkanes) is 15. The Hall–Kier alpha value is -0.570. The van der Waals surface area contributed by atoms with Crippen LogP contribution in [0.2, 0.25) is 0 Å². The Labute approximate surface area is 152 Å². The van der Waals surface area contributed by atoms with E-state index in [0.29, 0.717) is 0 Å². The molecule has 0 spiro atoms. The molecule has 0 amide bonds. The van der Waals surface area contributed by atoms with E-state index in [2.05, 4.69) is 16.8 Å². The molecule has 0 unspecified atom stereocenters. The third-order valence-electron chi connectivity index (χ3n) is 5.06. The van der Waals surface area contributed by atoms with Crippen LogP contribution in [0.3, 0.4) is 0 Å². The minimum Gasteiger partial charge on any atom is -0.361 e. The molecule has 0 saturated heterocycles. The second-order valence-electron chi connectivity index (χ2n) is 7.36. The van der Waals surface area contributed by atoms with Crippen LogP contribution in [0.4, 0.5) is 0 Å². The summed E-state index contributed by atoms with van der Waals surface area (Å²) < 4.78 is 0. The fraction of sp³-hybridized carbons (Fsp3) is 0.952. The first-order valence-electron chi connectivity index (χ1n) is 10.7. The number of nitrogens with zero attached hydrogens (tertiary/aromatic N) is 2. The number of hydrogen-bond acceptors (Lipinski definition) is 3. The summed E-state index contributed by atoms with van der Waals surface area (Å²) >= 11 is 0. The minimum absolute atomic E-state index is 0. The molecule has 0 aromatic heterocycles. The van der Waals surface area contributed by atoms with Gasteiger partial charge in [0, 0.05) is 13.1 Å². The van der Waals surface area contributed by atoms with Crippen molar-refractivity contribution >= 4 is 6.34 Å². The minimum atomic E-state index is 0. The highest BCUT2D eigenvalue weighted by Gasteiger charge is 2.03. The van der Waals surface area contributed by atoms with E-state index in [1.165, 1.54) is 109 Å². The van der Waals surface area contributed by atoms with Crippen LogP contribution in [-0.2, 0) is 0 Å². The lowest BCUT2D eigenvalue weighted by Crippen LogP contribution is -2.20. The Morgan fingerprint density at radius 2 is 1.08 bits per heavy atom. The van der Waals surface area contributed by atoms with Gasteiger partial charge < -0.3 is 11.1 Å². The van der Waals surface area contributed by atoms with Crippen LogP contribution in [0, 0.1) is 0 Å². The second-order valence-corrected chi connectivity index (χ2v) is 7.36. The molecule has 1 aliphatic heterocycles. The van der Waals surface area contributed by atoms with Crippen molar-refractivity contribution in [2.75, 3.05) is 19.6 Å². The number of aliphatic imine (C=N–C) groups is 1. The average molecular weight is 340 g/mol. The Morgan fingerprint density at radius 1 is 0.667 bits per heavy atom. The SMILES string of the molecule is CCCCCCCCCCCCCCCCCCN1C=NCC1.N. The summed E-state index contributed by atoms with van der Waals surface area (Å²) in [5, 5.41) is 0. The van der Waals surface area contributed by atoms with Crippen molar-refractivity contribution in [3.8, 4) is 0 Å². The molecule has 0 aromatic rings. The molecule has 1 heterocycles. The standard InChI is InChI=1S/C21H42N2.H3N/c1-2-3-4-5-6-7-8-9-10-11-12-13-14-15-16-17-19-23-20-18-22-21-23;/h21H,2-20H2,1H3;1H3. The third-order valence-corrected chi connectivity index (χ3v) is 5.06. The van der Waals surface area contributed by atoms with Gasteiger partial charge >= 0.3 is 0 Å². The maximum absolute atomic E-state index is 4.26. The van der Waals surface area contributed by atoms with Gasteiger partial charge in [-0.2, -0.15) is 0 Å². The van der Waals surface area contributed by atoms with Gasteiger partial charge in [-0.05, 0) is 6.42 Å². The lowest BCUT2D eigenvalue weighted by atomic mass is 10.0. The van der Waals surface area contributed by atoms with Gasteiger partial charge in [0.15, 0.2) is 0 Å². The largest absolute Gasteiger partial charge is 0.361 e. The zero-order chi connectivity index (χ0) is 16.4. The Balaban J connectivity index is 0.00000529. The molecule has 3 heteroatoms. The average Bonchev–Trinajstić information content (AvgIpc) is 3.08. The zero-order valence-corrected chi connectivity index (χ0v) is 16.6. The highest BCUT2D eigenvalue weighted by Crippen LogP contribution is 2.13. The normalized spacial score (nSPS) is 13.5. The predicted octanol–water partition coefficient (Wildman–Crippen LogP) is 6.75. The van der Waals surface area contributed by atoms with Crippen LogP contribution in [0.15, 0.2) is 4.99 Å². The van der Waals surface area contributed by atoms with Crippen LogP contribution in [0.1, 0.15) is 110 Å². The fourth-order valence-electron chi connectivity index (χ4n) is 3.45. The summed E-state index contributed by atoms with van der Waals surface area (Å²) in [5.74, 6) is 0. The molecular formula is C21H45N3.